The quantitative estimate of drug-likeness (QED) is 0.333. The molecule has 5 aromatic rings. The summed E-state index contributed by atoms with van der Waals surface area (Å²) in [5.41, 5.74) is -1.14. The minimum absolute atomic E-state index is 0.0571. The van der Waals surface area contributed by atoms with Gasteiger partial charge in [-0.3, -0.25) is 19.1 Å². The molecule has 0 saturated carbocycles. The molecule has 0 bridgehead atoms. The molecule has 0 aliphatic carbocycles. The average molecular weight is 544 g/mol. The van der Waals surface area contributed by atoms with Crippen LogP contribution in [0.15, 0.2) is 88.7 Å². The van der Waals surface area contributed by atoms with E-state index in [0.717, 1.165) is 22.2 Å². The molecular formula is C28H18F2N4O6. The van der Waals surface area contributed by atoms with Crippen LogP contribution in [0.3, 0.4) is 0 Å². The standard InChI is InChI=1S/C28H18F2N4O6/c29-17-5-3-15(4-6-17)14-34-26(36)19(13-32-27(34)37)25(35)33-21-8-7-18(11-20(21)30)38-28-39-23-10-16-2-1-9-31-22(16)12-24(23)40-28/h1-13,28H,14H2,(H,32,37)(H,33,35). The van der Waals surface area contributed by atoms with Crippen LogP contribution in [0, 0.1) is 11.6 Å². The smallest absolute Gasteiger partial charge is 0.406 e. The zero-order chi connectivity index (χ0) is 27.8. The molecule has 1 amide bonds. The van der Waals surface area contributed by atoms with Crippen molar-refractivity contribution in [1.29, 1.82) is 0 Å². The van der Waals surface area contributed by atoms with Crippen LogP contribution in [-0.2, 0) is 6.54 Å². The second-order valence-corrected chi connectivity index (χ2v) is 8.76. The average Bonchev–Trinajstić information content (AvgIpc) is 3.33. The summed E-state index contributed by atoms with van der Waals surface area (Å²) in [4.78, 5) is 44.4. The third-order valence-corrected chi connectivity index (χ3v) is 6.10. The van der Waals surface area contributed by atoms with Gasteiger partial charge in [0.05, 0.1) is 17.7 Å². The number of ether oxygens (including phenoxy) is 3. The van der Waals surface area contributed by atoms with Gasteiger partial charge in [-0.05, 0) is 42.0 Å². The number of halogens is 2. The summed E-state index contributed by atoms with van der Waals surface area (Å²) in [5, 5.41) is 3.16. The number of anilines is 1. The normalized spacial score (nSPS) is 13.8. The summed E-state index contributed by atoms with van der Waals surface area (Å²) in [6, 6.07) is 16.0. The summed E-state index contributed by atoms with van der Waals surface area (Å²) >= 11 is 0. The molecule has 1 aliphatic heterocycles. The van der Waals surface area contributed by atoms with Crippen molar-refractivity contribution in [3.8, 4) is 17.2 Å². The fraction of sp³-hybridized carbons (Fsp3) is 0.0714. The van der Waals surface area contributed by atoms with E-state index < -0.39 is 40.8 Å². The van der Waals surface area contributed by atoms with Gasteiger partial charge in [0.2, 0.25) is 0 Å². The molecule has 0 fully saturated rings. The Morgan fingerprint density at radius 3 is 2.58 bits per heavy atom. The van der Waals surface area contributed by atoms with Crippen molar-refractivity contribution in [3.63, 3.8) is 0 Å². The van der Waals surface area contributed by atoms with Crippen molar-refractivity contribution in [3.05, 3.63) is 123 Å². The van der Waals surface area contributed by atoms with E-state index in [1.807, 2.05) is 6.07 Å². The maximum Gasteiger partial charge on any atom is 0.406 e. The molecule has 3 heterocycles. The number of fused-ring (bicyclic) bond motifs is 2. The lowest BCUT2D eigenvalue weighted by Gasteiger charge is -2.13. The highest BCUT2D eigenvalue weighted by atomic mass is 19.1. The van der Waals surface area contributed by atoms with Gasteiger partial charge in [-0.1, -0.05) is 18.2 Å². The highest BCUT2D eigenvalue weighted by molar-refractivity contribution is 6.03. The van der Waals surface area contributed by atoms with E-state index in [1.54, 1.807) is 24.4 Å². The second-order valence-electron chi connectivity index (χ2n) is 8.76. The lowest BCUT2D eigenvalue weighted by Crippen LogP contribution is -2.39. The minimum Gasteiger partial charge on any atom is -0.423 e. The SMILES string of the molecule is O=C(Nc1ccc(OC2Oc3cc4cccnc4cc3O2)cc1F)c1c[nH]c(=O)n(Cc2ccc(F)cc2)c1=O. The predicted octanol–water partition coefficient (Wildman–Crippen LogP) is 3.80. The summed E-state index contributed by atoms with van der Waals surface area (Å²) in [7, 11) is 0. The molecule has 2 N–H and O–H groups in total. The van der Waals surface area contributed by atoms with E-state index in [-0.39, 0.29) is 18.0 Å². The summed E-state index contributed by atoms with van der Waals surface area (Å²) in [6.07, 6.45) is 2.60. The fourth-order valence-corrected chi connectivity index (χ4v) is 4.11. The lowest BCUT2D eigenvalue weighted by molar-refractivity contribution is -0.112. The molecule has 0 spiro atoms. The molecule has 200 valence electrons. The number of nitrogens with one attached hydrogen (secondary N) is 2. The first-order valence-corrected chi connectivity index (χ1v) is 11.9. The van der Waals surface area contributed by atoms with E-state index in [0.29, 0.717) is 22.6 Å². The van der Waals surface area contributed by atoms with Gasteiger partial charge in [0.1, 0.15) is 22.9 Å². The number of carbonyl (C=O) groups excluding carboxylic acids is 1. The maximum atomic E-state index is 14.9. The van der Waals surface area contributed by atoms with E-state index in [4.69, 9.17) is 14.2 Å². The lowest BCUT2D eigenvalue weighted by atomic mass is 10.2. The molecule has 40 heavy (non-hydrogen) atoms. The summed E-state index contributed by atoms with van der Waals surface area (Å²) in [6.45, 7) is -1.37. The maximum absolute atomic E-state index is 14.9. The Hall–Kier alpha value is -5.52. The Morgan fingerprint density at radius 2 is 1.80 bits per heavy atom. The molecule has 1 atom stereocenters. The van der Waals surface area contributed by atoms with Crippen LogP contribution in [0.1, 0.15) is 15.9 Å². The fourth-order valence-electron chi connectivity index (χ4n) is 4.11. The largest absolute Gasteiger partial charge is 0.423 e. The number of nitrogens with zero attached hydrogens (tertiary/aromatic N) is 2. The number of hydrogen-bond donors (Lipinski definition) is 2. The number of H-pyrrole nitrogens is 1. The highest BCUT2D eigenvalue weighted by Gasteiger charge is 2.27. The zero-order valence-corrected chi connectivity index (χ0v) is 20.4. The van der Waals surface area contributed by atoms with E-state index in [2.05, 4.69) is 15.3 Å². The van der Waals surface area contributed by atoms with Crippen LogP contribution >= 0.6 is 0 Å². The Balaban J connectivity index is 1.15. The first-order valence-electron chi connectivity index (χ1n) is 11.9. The van der Waals surface area contributed by atoms with Crippen LogP contribution in [0.25, 0.3) is 10.9 Å². The van der Waals surface area contributed by atoms with Gasteiger partial charge in [0.25, 0.3) is 11.5 Å². The van der Waals surface area contributed by atoms with Gasteiger partial charge in [-0.2, -0.15) is 0 Å². The number of amides is 1. The first-order chi connectivity index (χ1) is 19.3. The van der Waals surface area contributed by atoms with Crippen LogP contribution in [0.5, 0.6) is 17.2 Å². The molecule has 0 saturated heterocycles. The number of pyridine rings is 1. The third-order valence-electron chi connectivity index (χ3n) is 6.10. The highest BCUT2D eigenvalue weighted by Crippen LogP contribution is 2.38. The van der Waals surface area contributed by atoms with Crippen LogP contribution in [0.2, 0.25) is 0 Å². The van der Waals surface area contributed by atoms with Crippen molar-refractivity contribution < 1.29 is 27.8 Å². The van der Waals surface area contributed by atoms with Gasteiger partial charge in [0, 0.05) is 29.9 Å². The number of benzene rings is 3. The number of aromatic nitrogens is 3. The van der Waals surface area contributed by atoms with Crippen molar-refractivity contribution >= 4 is 22.5 Å². The van der Waals surface area contributed by atoms with Crippen molar-refractivity contribution in [2.24, 2.45) is 0 Å². The topological polar surface area (TPSA) is 125 Å². The second kappa shape index (κ2) is 9.98. The Kier molecular flexibility index (Phi) is 6.19. The molecule has 1 aliphatic rings. The number of carbonyl (C=O) groups is 1. The van der Waals surface area contributed by atoms with Gasteiger partial charge >= 0.3 is 12.2 Å². The third kappa shape index (κ3) is 4.85. The van der Waals surface area contributed by atoms with Crippen molar-refractivity contribution in [2.45, 2.75) is 13.0 Å². The molecule has 12 heteroatoms. The number of rotatable bonds is 6. The van der Waals surface area contributed by atoms with Crippen LogP contribution in [-0.4, -0.2) is 26.9 Å². The van der Waals surface area contributed by atoms with Gasteiger partial charge in [0.15, 0.2) is 11.5 Å². The Bertz CT molecular complexity index is 1840. The summed E-state index contributed by atoms with van der Waals surface area (Å²) in [5.74, 6) is -1.35. The minimum atomic E-state index is -1.17. The Morgan fingerprint density at radius 1 is 1.02 bits per heavy atom. The number of aromatic amines is 1. The Labute approximate surface area is 223 Å². The predicted molar refractivity (Wildman–Crippen MR) is 139 cm³/mol. The molecule has 10 nitrogen and oxygen atoms in total. The molecular weight excluding hydrogens is 526 g/mol. The van der Waals surface area contributed by atoms with Crippen LogP contribution < -0.4 is 30.8 Å². The molecule has 1 unspecified atom stereocenters. The van der Waals surface area contributed by atoms with Crippen molar-refractivity contribution in [2.75, 3.05) is 5.32 Å². The van der Waals surface area contributed by atoms with E-state index >= 15 is 0 Å². The molecule has 0 radical (unpaired) electrons. The zero-order valence-electron chi connectivity index (χ0n) is 20.4. The van der Waals surface area contributed by atoms with E-state index in [1.165, 1.54) is 36.4 Å². The molecule has 3 aromatic carbocycles. The van der Waals surface area contributed by atoms with E-state index in [9.17, 15) is 23.2 Å². The number of hydrogen-bond acceptors (Lipinski definition) is 7. The molecule has 2 aromatic heterocycles. The van der Waals surface area contributed by atoms with Crippen LogP contribution in [0.4, 0.5) is 14.5 Å². The first kappa shape index (κ1) is 24.8. The van der Waals surface area contributed by atoms with Gasteiger partial charge in [-0.15, -0.1) is 0 Å². The summed E-state index contributed by atoms with van der Waals surface area (Å²) < 4.78 is 45.7. The monoisotopic (exact) mass is 544 g/mol. The van der Waals surface area contributed by atoms with Crippen molar-refractivity contribution in [1.82, 2.24) is 14.5 Å². The van der Waals surface area contributed by atoms with Gasteiger partial charge in [-0.25, -0.2) is 13.6 Å². The molecule has 6 rings (SSSR count). The van der Waals surface area contributed by atoms with Gasteiger partial charge < -0.3 is 24.5 Å².